The normalized spacial score (nSPS) is 12.1. The molecule has 0 saturated heterocycles. The summed E-state index contributed by atoms with van der Waals surface area (Å²) >= 11 is 0. The van der Waals surface area contributed by atoms with Gasteiger partial charge >= 0.3 is 5.69 Å². The molecule has 0 radical (unpaired) electrons. The van der Waals surface area contributed by atoms with Gasteiger partial charge in [-0.05, 0) is 32.2 Å². The zero-order valence-corrected chi connectivity index (χ0v) is 20.2. The molecular weight excluding hydrogens is 430 g/mol. The average molecular weight is 460 g/mol. The van der Waals surface area contributed by atoms with Crippen molar-refractivity contribution < 1.29 is 0 Å². The lowest BCUT2D eigenvalue weighted by atomic mass is 10.1. The van der Waals surface area contributed by atoms with Crippen LogP contribution in [0, 0.1) is 18.8 Å². The lowest BCUT2D eigenvalue weighted by molar-refractivity contribution is 0.646. The van der Waals surface area contributed by atoms with Gasteiger partial charge in [0.1, 0.15) is 0 Å². The van der Waals surface area contributed by atoms with E-state index in [1.54, 1.807) is 18.5 Å². The fraction of sp³-hybridized carbons (Fsp3) is 0.360. The van der Waals surface area contributed by atoms with E-state index in [0.717, 1.165) is 16.5 Å². The summed E-state index contributed by atoms with van der Waals surface area (Å²) in [6.07, 6.45) is 0. The fourth-order valence-electron chi connectivity index (χ4n) is 4.30. The third-order valence-electron chi connectivity index (χ3n) is 5.78. The van der Waals surface area contributed by atoms with Crippen molar-refractivity contribution in [3.8, 4) is 11.8 Å². The predicted molar refractivity (Wildman–Crippen MR) is 135 cm³/mol. The quantitative estimate of drug-likeness (QED) is 0.440. The molecule has 2 N–H and O–H groups in total. The molecule has 1 aromatic carbocycles. The number of anilines is 1. The number of aryl methyl sites for hydroxylation is 2. The smallest absolute Gasteiger partial charge is 0.332 e. The van der Waals surface area contributed by atoms with Crippen LogP contribution in [-0.4, -0.2) is 43.3 Å². The Labute approximate surface area is 197 Å². The van der Waals surface area contributed by atoms with Gasteiger partial charge in [0.05, 0.1) is 18.8 Å². The molecule has 0 unspecified atom stereocenters. The van der Waals surface area contributed by atoms with E-state index in [2.05, 4.69) is 21.8 Å². The van der Waals surface area contributed by atoms with Gasteiger partial charge in [0.15, 0.2) is 11.2 Å². The predicted octanol–water partition coefficient (Wildman–Crippen LogP) is 1.61. The summed E-state index contributed by atoms with van der Waals surface area (Å²) in [5.74, 6) is 6.44. The van der Waals surface area contributed by atoms with Crippen molar-refractivity contribution in [1.82, 2.24) is 23.7 Å². The average Bonchev–Trinajstić information content (AvgIpc) is 3.18. The molecule has 4 rings (SSSR count). The Morgan fingerprint density at radius 3 is 2.62 bits per heavy atom. The maximum Gasteiger partial charge on any atom is 0.332 e. The van der Waals surface area contributed by atoms with Crippen molar-refractivity contribution in [2.45, 2.75) is 39.9 Å². The number of pyridine rings is 1. The zero-order valence-electron chi connectivity index (χ0n) is 20.2. The number of imidazole rings is 1. The van der Waals surface area contributed by atoms with Gasteiger partial charge in [-0.1, -0.05) is 30.2 Å². The van der Waals surface area contributed by atoms with Crippen molar-refractivity contribution in [2.24, 2.45) is 12.8 Å². The molecule has 9 heteroatoms. The molecule has 0 amide bonds. The largest absolute Gasteiger partial charge is 0.344 e. The minimum absolute atomic E-state index is 0.0548. The number of hydrogen-bond donors (Lipinski definition) is 1. The Morgan fingerprint density at radius 2 is 1.91 bits per heavy atom. The molecule has 0 spiro atoms. The molecule has 1 atom stereocenters. The summed E-state index contributed by atoms with van der Waals surface area (Å²) in [7, 11) is 3.49. The Morgan fingerprint density at radius 1 is 1.18 bits per heavy atom. The molecule has 3 heterocycles. The SMILES string of the molecule is CC#CCn1c(N(C)C[C@@H](C)N)nc2c1c(=O)n(Cc1nc(C)cc3ccccc13)c(=O)n2C. The lowest BCUT2D eigenvalue weighted by Gasteiger charge is -2.20. The molecule has 176 valence electrons. The Kier molecular flexibility index (Phi) is 6.26. The van der Waals surface area contributed by atoms with Gasteiger partial charge in [0.25, 0.3) is 5.56 Å². The third kappa shape index (κ3) is 4.08. The molecule has 4 aromatic rings. The minimum atomic E-state index is -0.447. The molecule has 0 aliphatic heterocycles. The van der Waals surface area contributed by atoms with Crippen molar-refractivity contribution in [3.63, 3.8) is 0 Å². The minimum Gasteiger partial charge on any atom is -0.344 e. The molecule has 9 nitrogen and oxygen atoms in total. The van der Waals surface area contributed by atoms with E-state index in [1.165, 1.54) is 9.13 Å². The van der Waals surface area contributed by atoms with Gasteiger partial charge < -0.3 is 10.6 Å². The lowest BCUT2D eigenvalue weighted by Crippen LogP contribution is -2.40. The second-order valence-electron chi connectivity index (χ2n) is 8.62. The third-order valence-corrected chi connectivity index (χ3v) is 5.78. The topological polar surface area (TPSA) is 104 Å². The maximum atomic E-state index is 13.7. The van der Waals surface area contributed by atoms with Crippen LogP contribution in [0.3, 0.4) is 0 Å². The van der Waals surface area contributed by atoms with E-state index < -0.39 is 11.2 Å². The summed E-state index contributed by atoms with van der Waals surface area (Å²) in [6, 6.07) is 9.71. The summed E-state index contributed by atoms with van der Waals surface area (Å²) in [5, 5.41) is 1.92. The van der Waals surface area contributed by atoms with Gasteiger partial charge in [-0.15, -0.1) is 5.92 Å². The van der Waals surface area contributed by atoms with Crippen LogP contribution in [0.2, 0.25) is 0 Å². The highest BCUT2D eigenvalue weighted by atomic mass is 16.2. The van der Waals surface area contributed by atoms with E-state index in [0.29, 0.717) is 29.4 Å². The Hall–Kier alpha value is -3.90. The van der Waals surface area contributed by atoms with Crippen LogP contribution >= 0.6 is 0 Å². The molecular formula is C25H29N7O2. The first-order chi connectivity index (χ1) is 16.2. The zero-order chi connectivity index (χ0) is 24.6. The van der Waals surface area contributed by atoms with Gasteiger partial charge in [0, 0.05) is 37.8 Å². The molecule has 0 saturated carbocycles. The van der Waals surface area contributed by atoms with Gasteiger partial charge in [-0.3, -0.25) is 23.5 Å². The second-order valence-corrected chi connectivity index (χ2v) is 8.62. The number of rotatable bonds is 6. The number of hydrogen-bond acceptors (Lipinski definition) is 6. The van der Waals surface area contributed by atoms with E-state index in [1.807, 2.05) is 56.1 Å². The van der Waals surface area contributed by atoms with Gasteiger partial charge in [0.2, 0.25) is 5.95 Å². The Balaban J connectivity index is 1.97. The summed E-state index contributed by atoms with van der Waals surface area (Å²) in [5.41, 5.74) is 7.26. The van der Waals surface area contributed by atoms with E-state index in [-0.39, 0.29) is 19.1 Å². The van der Waals surface area contributed by atoms with Crippen molar-refractivity contribution in [1.29, 1.82) is 0 Å². The highest BCUT2D eigenvalue weighted by Crippen LogP contribution is 2.21. The second kappa shape index (κ2) is 9.15. The number of fused-ring (bicyclic) bond motifs is 2. The fourth-order valence-corrected chi connectivity index (χ4v) is 4.30. The highest BCUT2D eigenvalue weighted by molar-refractivity contribution is 5.85. The molecule has 3 aromatic heterocycles. The first-order valence-corrected chi connectivity index (χ1v) is 11.1. The van der Waals surface area contributed by atoms with E-state index in [9.17, 15) is 9.59 Å². The van der Waals surface area contributed by atoms with Crippen molar-refractivity contribution in [2.75, 3.05) is 18.5 Å². The van der Waals surface area contributed by atoms with E-state index >= 15 is 0 Å². The van der Waals surface area contributed by atoms with Crippen LogP contribution in [0.5, 0.6) is 0 Å². The van der Waals surface area contributed by atoms with Crippen LogP contribution in [0.4, 0.5) is 5.95 Å². The van der Waals surface area contributed by atoms with Crippen LogP contribution in [0.25, 0.3) is 21.9 Å². The molecule has 0 bridgehead atoms. The number of benzene rings is 1. The first kappa shape index (κ1) is 23.3. The number of likely N-dealkylation sites (N-methyl/N-ethyl adjacent to an activating group) is 1. The molecule has 0 aliphatic rings. The van der Waals surface area contributed by atoms with Crippen molar-refractivity contribution in [3.05, 3.63) is 62.6 Å². The number of nitrogens with zero attached hydrogens (tertiary/aromatic N) is 6. The molecule has 34 heavy (non-hydrogen) atoms. The Bertz CT molecular complexity index is 1560. The summed E-state index contributed by atoms with van der Waals surface area (Å²) < 4.78 is 4.39. The molecule has 0 aliphatic carbocycles. The van der Waals surface area contributed by atoms with Crippen LogP contribution in [0.15, 0.2) is 39.9 Å². The molecule has 0 fully saturated rings. The number of nitrogens with two attached hydrogens (primary N) is 1. The standard InChI is InChI=1S/C25H29N7O2/c1-6-7-12-31-21-22(28-24(31)29(4)14-16(2)26)30(5)25(34)32(23(21)33)15-20-19-11-9-8-10-18(19)13-17(3)27-20/h8-11,13,16H,12,14-15,26H2,1-5H3/t16-/m1/s1. The van der Waals surface area contributed by atoms with Crippen LogP contribution in [0.1, 0.15) is 25.2 Å². The summed E-state index contributed by atoms with van der Waals surface area (Å²) in [6.45, 7) is 6.40. The van der Waals surface area contributed by atoms with Crippen molar-refractivity contribution >= 4 is 27.9 Å². The van der Waals surface area contributed by atoms with E-state index in [4.69, 9.17) is 5.73 Å². The van der Waals surface area contributed by atoms with Gasteiger partial charge in [-0.2, -0.15) is 4.98 Å². The number of aromatic nitrogens is 5. The highest BCUT2D eigenvalue weighted by Gasteiger charge is 2.23. The van der Waals surface area contributed by atoms with Crippen LogP contribution in [-0.2, 0) is 20.1 Å². The van der Waals surface area contributed by atoms with Gasteiger partial charge in [-0.25, -0.2) is 4.79 Å². The summed E-state index contributed by atoms with van der Waals surface area (Å²) in [4.78, 5) is 38.2. The monoisotopic (exact) mass is 459 g/mol. The maximum absolute atomic E-state index is 13.7. The first-order valence-electron chi connectivity index (χ1n) is 11.1. The van der Waals surface area contributed by atoms with Crippen LogP contribution < -0.4 is 21.9 Å².